The molecule has 0 heterocycles. The van der Waals surface area contributed by atoms with Crippen LogP contribution in [0.1, 0.15) is 5.56 Å². The number of aromatic hydroxyl groups is 2. The monoisotopic (exact) mass is 228 g/mol. The zero-order chi connectivity index (χ0) is 10.4. The fourth-order valence-electron chi connectivity index (χ4n) is 0.640. The maximum absolute atomic E-state index is 8.93. The van der Waals surface area contributed by atoms with Crippen LogP contribution in [-0.4, -0.2) is 23.5 Å². The van der Waals surface area contributed by atoms with Gasteiger partial charge in [-0.25, -0.2) is 4.21 Å². The fraction of sp³-hybridized carbons (Fsp3) is 0.143. The molecule has 0 radical (unpaired) electrons. The van der Waals surface area contributed by atoms with Gasteiger partial charge >= 0.3 is 29.6 Å². The van der Waals surface area contributed by atoms with Crippen molar-refractivity contribution in [1.82, 2.24) is 0 Å². The Hall–Kier alpha value is -0.110. The van der Waals surface area contributed by atoms with Gasteiger partial charge in [-0.3, -0.25) is 0 Å². The minimum atomic E-state index is -2.86. The van der Waals surface area contributed by atoms with Crippen molar-refractivity contribution >= 4 is 11.4 Å². The molecule has 7 heteroatoms. The fourth-order valence-corrected chi connectivity index (χ4v) is 0.640. The molecule has 14 heavy (non-hydrogen) atoms. The predicted molar refractivity (Wildman–Crippen MR) is 46.1 cm³/mol. The number of benzene rings is 1. The molecule has 74 valence electrons. The molecule has 0 aromatic heterocycles. The summed E-state index contributed by atoms with van der Waals surface area (Å²) in [6.45, 7) is 1.73. The van der Waals surface area contributed by atoms with Crippen LogP contribution in [0.5, 0.6) is 11.5 Å². The van der Waals surface area contributed by atoms with Crippen molar-refractivity contribution in [3.8, 4) is 11.5 Å². The molecular weight excluding hydrogens is 219 g/mol. The van der Waals surface area contributed by atoms with E-state index in [-0.39, 0.29) is 41.1 Å². The summed E-state index contributed by atoms with van der Waals surface area (Å²) >= 11 is -2.86. The van der Waals surface area contributed by atoms with Crippen molar-refractivity contribution in [2.75, 3.05) is 0 Å². The number of phenols is 2. The molecule has 3 N–H and O–H groups in total. The molecule has 0 aliphatic carbocycles. The molecule has 0 amide bonds. The molecule has 5 nitrogen and oxygen atoms in total. The summed E-state index contributed by atoms with van der Waals surface area (Å²) in [7, 11) is 0. The normalized spacial score (nSPS) is 10.5. The molecule has 1 unspecified atom stereocenters. The molecule has 1 aromatic rings. The smallest absolute Gasteiger partial charge is 0.750 e. The van der Waals surface area contributed by atoms with Gasteiger partial charge in [-0.1, -0.05) is 0 Å². The van der Waals surface area contributed by atoms with E-state index < -0.39 is 11.4 Å². The third-order valence-electron chi connectivity index (χ3n) is 1.18. The Kier molecular flexibility index (Phi) is 9.58. The summed E-state index contributed by atoms with van der Waals surface area (Å²) in [6.07, 6.45) is 0. The van der Waals surface area contributed by atoms with Crippen LogP contribution in [0.2, 0.25) is 0 Å². The number of rotatable bonds is 0. The molecule has 0 aliphatic rings. The third-order valence-corrected chi connectivity index (χ3v) is 1.18. The molecule has 0 bridgehead atoms. The van der Waals surface area contributed by atoms with Crippen LogP contribution in [0.4, 0.5) is 0 Å². The summed E-state index contributed by atoms with van der Waals surface area (Å²) in [5, 5.41) is 17.8. The van der Waals surface area contributed by atoms with Gasteiger partial charge in [0.25, 0.3) is 0 Å². The van der Waals surface area contributed by atoms with Crippen molar-refractivity contribution in [2.24, 2.45) is 0 Å². The predicted octanol–water partition coefficient (Wildman–Crippen LogP) is -2.25. The Morgan fingerprint density at radius 1 is 1.36 bits per heavy atom. The van der Waals surface area contributed by atoms with Crippen molar-refractivity contribution in [1.29, 1.82) is 0 Å². The number of aryl methyl sites for hydroxylation is 1. The Morgan fingerprint density at radius 3 is 2.07 bits per heavy atom. The minimum absolute atomic E-state index is 0. The molecule has 1 atom stereocenters. The topological polar surface area (TPSA) is 101 Å². The zero-order valence-corrected chi connectivity index (χ0v) is 10.6. The standard InChI is InChI=1S/C7H8O2.Na.H2O3S/c1-5-4-6(8)2-3-7(5)9;;1-4(2)3/h2-4,8-9H,1H3;;(H2,1,2,3)/q;+1;/p-1. The number of hydrogen-bond acceptors (Lipinski definition) is 4. The maximum Gasteiger partial charge on any atom is 1.00 e. The van der Waals surface area contributed by atoms with Gasteiger partial charge in [-0.15, -0.1) is 0 Å². The Morgan fingerprint density at radius 2 is 1.79 bits per heavy atom. The molecule has 0 saturated heterocycles. The summed E-state index contributed by atoms with van der Waals surface area (Å²) in [4.78, 5) is 0. The molecule has 1 rings (SSSR count). The quantitative estimate of drug-likeness (QED) is 0.264. The van der Waals surface area contributed by atoms with E-state index in [9.17, 15) is 0 Å². The van der Waals surface area contributed by atoms with Gasteiger partial charge in [0.1, 0.15) is 11.5 Å². The van der Waals surface area contributed by atoms with E-state index in [4.69, 9.17) is 23.5 Å². The second kappa shape index (κ2) is 8.22. The Labute approximate surface area is 106 Å². The van der Waals surface area contributed by atoms with Crippen LogP contribution < -0.4 is 29.6 Å². The first kappa shape index (κ1) is 16.3. The van der Waals surface area contributed by atoms with Gasteiger partial charge < -0.3 is 19.3 Å². The number of phenolic OH excluding ortho intramolecular Hbond substituents is 2. The van der Waals surface area contributed by atoms with Crippen molar-refractivity contribution in [3.05, 3.63) is 23.8 Å². The molecular formula is C7H9NaO5S. The second-order valence-electron chi connectivity index (χ2n) is 2.19. The van der Waals surface area contributed by atoms with Gasteiger partial charge in [0, 0.05) is 0 Å². The van der Waals surface area contributed by atoms with Gasteiger partial charge in [0.2, 0.25) is 0 Å². The van der Waals surface area contributed by atoms with Gasteiger partial charge in [-0.2, -0.15) is 0 Å². The van der Waals surface area contributed by atoms with Crippen LogP contribution in [-0.2, 0) is 11.4 Å². The van der Waals surface area contributed by atoms with E-state index in [1.54, 1.807) is 6.92 Å². The molecule has 0 spiro atoms. The van der Waals surface area contributed by atoms with E-state index in [1.165, 1.54) is 18.2 Å². The average Bonchev–Trinajstić information content (AvgIpc) is 1.96. The number of hydrogen-bond donors (Lipinski definition) is 3. The summed E-state index contributed by atoms with van der Waals surface area (Å²) in [5.74, 6) is 0.401. The van der Waals surface area contributed by atoms with Crippen LogP contribution in [0.3, 0.4) is 0 Å². The largest absolute Gasteiger partial charge is 1.00 e. The molecule has 0 saturated carbocycles. The van der Waals surface area contributed by atoms with Crippen molar-refractivity contribution in [3.63, 3.8) is 0 Å². The minimum Gasteiger partial charge on any atom is -0.750 e. The van der Waals surface area contributed by atoms with E-state index in [2.05, 4.69) is 0 Å². The molecule has 0 fully saturated rings. The SMILES string of the molecule is Cc1cc(O)ccc1O.O=S([O-])O.[Na+]. The molecule has 1 aromatic carbocycles. The maximum atomic E-state index is 8.93. The molecule has 0 aliphatic heterocycles. The second-order valence-corrected chi connectivity index (χ2v) is 2.62. The van der Waals surface area contributed by atoms with Crippen molar-refractivity contribution < 1.29 is 53.1 Å². The van der Waals surface area contributed by atoms with Gasteiger partial charge in [0.05, 0.1) is 11.4 Å². The van der Waals surface area contributed by atoms with E-state index in [1.807, 2.05) is 0 Å². The third kappa shape index (κ3) is 8.49. The first-order valence-corrected chi connectivity index (χ1v) is 4.23. The first-order valence-electron chi connectivity index (χ1n) is 3.20. The van der Waals surface area contributed by atoms with Crippen LogP contribution in [0, 0.1) is 6.92 Å². The van der Waals surface area contributed by atoms with Crippen molar-refractivity contribution in [2.45, 2.75) is 6.92 Å². The summed E-state index contributed by atoms with van der Waals surface area (Å²) in [5.41, 5.74) is 0.690. The Bertz CT molecular complexity index is 300. The first-order chi connectivity index (χ1) is 5.93. The van der Waals surface area contributed by atoms with E-state index in [0.29, 0.717) is 5.56 Å². The summed E-state index contributed by atoms with van der Waals surface area (Å²) in [6, 6.07) is 4.42. The van der Waals surface area contributed by atoms with Crippen LogP contribution >= 0.6 is 0 Å². The van der Waals surface area contributed by atoms with Crippen LogP contribution in [0.25, 0.3) is 0 Å². The average molecular weight is 228 g/mol. The van der Waals surface area contributed by atoms with Gasteiger partial charge in [0.15, 0.2) is 0 Å². The van der Waals surface area contributed by atoms with Crippen LogP contribution in [0.15, 0.2) is 18.2 Å². The zero-order valence-electron chi connectivity index (χ0n) is 7.80. The summed E-state index contributed by atoms with van der Waals surface area (Å²) < 4.78 is 24.1. The van der Waals surface area contributed by atoms with Gasteiger partial charge in [-0.05, 0) is 30.7 Å². The van der Waals surface area contributed by atoms with E-state index >= 15 is 0 Å². The Balaban J connectivity index is 0. The van der Waals surface area contributed by atoms with E-state index in [0.717, 1.165) is 0 Å².